The minimum Gasteiger partial charge on any atom is -0.364 e. The number of nitrogens with zero attached hydrogens (tertiary/aromatic N) is 3. The molecule has 2 aromatic carbocycles. The van der Waals surface area contributed by atoms with Crippen LogP contribution in [0.3, 0.4) is 0 Å². The van der Waals surface area contributed by atoms with Gasteiger partial charge in [0.25, 0.3) is 5.56 Å². The third-order valence-electron chi connectivity index (χ3n) is 4.19. The first-order chi connectivity index (χ1) is 12.8. The molecule has 0 saturated heterocycles. The minimum atomic E-state index is -0.0671. The van der Waals surface area contributed by atoms with Gasteiger partial charge in [-0.2, -0.15) is 0 Å². The van der Waals surface area contributed by atoms with Gasteiger partial charge in [0.1, 0.15) is 6.26 Å². The number of hydrogen-bond donors (Lipinski definition) is 0. The second-order valence-corrected chi connectivity index (χ2v) is 6.79. The average molecular weight is 363 g/mol. The molecule has 2 heterocycles. The first kappa shape index (κ1) is 16.6. The lowest BCUT2D eigenvalue weighted by Crippen LogP contribution is -2.21. The topological polar surface area (TPSA) is 60.9 Å². The summed E-state index contributed by atoms with van der Waals surface area (Å²) in [6.45, 7) is 2.11. The van der Waals surface area contributed by atoms with E-state index in [4.69, 9.17) is 9.51 Å². The number of fused-ring (bicyclic) bond motifs is 1. The maximum absolute atomic E-state index is 13.1. The van der Waals surface area contributed by atoms with E-state index in [2.05, 4.69) is 12.1 Å². The van der Waals surface area contributed by atoms with Crippen molar-refractivity contribution in [1.29, 1.82) is 0 Å². The standard InChI is InChI=1S/C20H17N3O2S/c1-2-14-7-9-16(10-8-14)23-19(24)17-5-3-4-6-18(17)21-20(23)26-13-15-11-12-25-22-15/h3-12H,2,13H2,1H3. The summed E-state index contributed by atoms with van der Waals surface area (Å²) in [6.07, 6.45) is 2.50. The molecule has 0 saturated carbocycles. The summed E-state index contributed by atoms with van der Waals surface area (Å²) in [6, 6.07) is 17.3. The van der Waals surface area contributed by atoms with Crippen molar-refractivity contribution >= 4 is 22.7 Å². The number of hydrogen-bond acceptors (Lipinski definition) is 5. The molecule has 0 N–H and O–H groups in total. The van der Waals surface area contributed by atoms with Crippen LogP contribution in [-0.2, 0) is 12.2 Å². The Morgan fingerprint density at radius 1 is 1.08 bits per heavy atom. The van der Waals surface area contributed by atoms with Gasteiger partial charge in [0, 0.05) is 11.8 Å². The molecule has 0 amide bonds. The Kier molecular flexibility index (Phi) is 4.58. The molecule has 0 atom stereocenters. The molecule has 130 valence electrons. The van der Waals surface area contributed by atoms with E-state index in [0.29, 0.717) is 21.8 Å². The molecule has 26 heavy (non-hydrogen) atoms. The molecule has 0 aliphatic carbocycles. The molecule has 0 aliphatic rings. The Labute approximate surface area is 154 Å². The van der Waals surface area contributed by atoms with Gasteiger partial charge in [-0.05, 0) is 36.2 Å². The number of rotatable bonds is 5. The van der Waals surface area contributed by atoms with Crippen molar-refractivity contribution in [2.24, 2.45) is 0 Å². The number of aryl methyl sites for hydroxylation is 1. The molecule has 0 bridgehead atoms. The molecule has 0 fully saturated rings. The highest BCUT2D eigenvalue weighted by Gasteiger charge is 2.14. The SMILES string of the molecule is CCc1ccc(-n2c(SCc3ccon3)nc3ccccc3c2=O)cc1. The summed E-state index contributed by atoms with van der Waals surface area (Å²) in [4.78, 5) is 17.9. The molecule has 4 aromatic rings. The lowest BCUT2D eigenvalue weighted by Gasteiger charge is -2.13. The molecule has 0 unspecified atom stereocenters. The van der Waals surface area contributed by atoms with E-state index >= 15 is 0 Å². The van der Waals surface area contributed by atoms with Crippen molar-refractivity contribution in [3.8, 4) is 5.69 Å². The van der Waals surface area contributed by atoms with Crippen molar-refractivity contribution in [3.63, 3.8) is 0 Å². The van der Waals surface area contributed by atoms with Crippen LogP contribution in [0.2, 0.25) is 0 Å². The molecule has 5 nitrogen and oxygen atoms in total. The summed E-state index contributed by atoms with van der Waals surface area (Å²) in [5, 5.41) is 5.18. The zero-order valence-corrected chi connectivity index (χ0v) is 15.1. The van der Waals surface area contributed by atoms with E-state index in [1.54, 1.807) is 10.8 Å². The lowest BCUT2D eigenvalue weighted by molar-refractivity contribution is 0.414. The Hall–Kier alpha value is -2.86. The Morgan fingerprint density at radius 3 is 2.62 bits per heavy atom. The molecular weight excluding hydrogens is 346 g/mol. The van der Waals surface area contributed by atoms with Gasteiger partial charge in [0.05, 0.1) is 22.3 Å². The summed E-state index contributed by atoms with van der Waals surface area (Å²) in [5.41, 5.74) is 3.48. The van der Waals surface area contributed by atoms with Crippen LogP contribution in [0.15, 0.2) is 75.3 Å². The molecule has 6 heteroatoms. The quantitative estimate of drug-likeness (QED) is 0.392. The Bertz CT molecular complexity index is 1090. The maximum Gasteiger partial charge on any atom is 0.266 e. The first-order valence-electron chi connectivity index (χ1n) is 8.39. The monoisotopic (exact) mass is 363 g/mol. The minimum absolute atomic E-state index is 0.0671. The predicted octanol–water partition coefficient (Wildman–Crippen LogP) is 4.23. The van der Waals surface area contributed by atoms with Crippen molar-refractivity contribution in [2.75, 3.05) is 0 Å². The zero-order chi connectivity index (χ0) is 17.9. The highest BCUT2D eigenvalue weighted by Crippen LogP contribution is 2.24. The van der Waals surface area contributed by atoms with E-state index in [1.807, 2.05) is 54.6 Å². The van der Waals surface area contributed by atoms with Crippen LogP contribution in [0.1, 0.15) is 18.2 Å². The fourth-order valence-electron chi connectivity index (χ4n) is 2.77. The molecule has 2 aromatic heterocycles. The highest BCUT2D eigenvalue weighted by molar-refractivity contribution is 7.98. The molecular formula is C20H17N3O2S. The van der Waals surface area contributed by atoms with Crippen molar-refractivity contribution in [2.45, 2.75) is 24.3 Å². The van der Waals surface area contributed by atoms with Crippen molar-refractivity contribution in [3.05, 3.63) is 82.5 Å². The van der Waals surface area contributed by atoms with Gasteiger partial charge in [-0.15, -0.1) is 0 Å². The van der Waals surface area contributed by atoms with Gasteiger partial charge >= 0.3 is 0 Å². The van der Waals surface area contributed by atoms with Crippen LogP contribution < -0.4 is 5.56 Å². The number of aromatic nitrogens is 3. The predicted molar refractivity (Wildman–Crippen MR) is 103 cm³/mol. The summed E-state index contributed by atoms with van der Waals surface area (Å²) >= 11 is 1.47. The normalized spacial score (nSPS) is 11.1. The van der Waals surface area contributed by atoms with Crippen LogP contribution in [0, 0.1) is 0 Å². The van der Waals surface area contributed by atoms with E-state index < -0.39 is 0 Å². The number of thioether (sulfide) groups is 1. The molecule has 0 aliphatic heterocycles. The Balaban J connectivity index is 1.85. The summed E-state index contributed by atoms with van der Waals surface area (Å²) in [7, 11) is 0. The summed E-state index contributed by atoms with van der Waals surface area (Å²) in [5.74, 6) is 0.578. The van der Waals surface area contributed by atoms with Gasteiger partial charge in [0.2, 0.25) is 0 Å². The third kappa shape index (κ3) is 3.15. The van der Waals surface area contributed by atoms with Crippen LogP contribution >= 0.6 is 11.8 Å². The maximum atomic E-state index is 13.1. The zero-order valence-electron chi connectivity index (χ0n) is 14.3. The van der Waals surface area contributed by atoms with Crippen LogP contribution in [0.4, 0.5) is 0 Å². The van der Waals surface area contributed by atoms with E-state index in [0.717, 1.165) is 17.8 Å². The van der Waals surface area contributed by atoms with Gasteiger partial charge in [0.15, 0.2) is 5.16 Å². The third-order valence-corrected chi connectivity index (χ3v) is 5.16. The number of benzene rings is 2. The van der Waals surface area contributed by atoms with E-state index in [1.165, 1.54) is 17.3 Å². The smallest absolute Gasteiger partial charge is 0.266 e. The van der Waals surface area contributed by atoms with Gasteiger partial charge in [-0.25, -0.2) is 4.98 Å². The Morgan fingerprint density at radius 2 is 1.88 bits per heavy atom. The first-order valence-corrected chi connectivity index (χ1v) is 9.38. The highest BCUT2D eigenvalue weighted by atomic mass is 32.2. The fourth-order valence-corrected chi connectivity index (χ4v) is 3.67. The average Bonchev–Trinajstić information content (AvgIpc) is 3.20. The lowest BCUT2D eigenvalue weighted by atomic mass is 10.1. The van der Waals surface area contributed by atoms with Gasteiger partial charge in [-0.3, -0.25) is 9.36 Å². The van der Waals surface area contributed by atoms with Gasteiger partial charge < -0.3 is 4.52 Å². The second kappa shape index (κ2) is 7.17. The second-order valence-electron chi connectivity index (χ2n) is 5.85. The largest absolute Gasteiger partial charge is 0.364 e. The van der Waals surface area contributed by atoms with Crippen molar-refractivity contribution in [1.82, 2.24) is 14.7 Å². The van der Waals surface area contributed by atoms with Crippen LogP contribution in [0.25, 0.3) is 16.6 Å². The molecule has 0 spiro atoms. The van der Waals surface area contributed by atoms with E-state index in [9.17, 15) is 4.79 Å². The van der Waals surface area contributed by atoms with Crippen LogP contribution in [-0.4, -0.2) is 14.7 Å². The summed E-state index contributed by atoms with van der Waals surface area (Å²) < 4.78 is 6.56. The van der Waals surface area contributed by atoms with Crippen LogP contribution in [0.5, 0.6) is 0 Å². The van der Waals surface area contributed by atoms with E-state index in [-0.39, 0.29) is 5.56 Å². The fraction of sp³-hybridized carbons (Fsp3) is 0.150. The number of para-hydroxylation sites is 1. The molecule has 0 radical (unpaired) electrons. The molecule has 4 rings (SSSR count). The van der Waals surface area contributed by atoms with Gasteiger partial charge in [-0.1, -0.05) is 48.1 Å². The van der Waals surface area contributed by atoms with Crippen molar-refractivity contribution < 1.29 is 4.52 Å².